The Morgan fingerprint density at radius 3 is 2.79 bits per heavy atom. The largest absolute Gasteiger partial charge is 0.366 e. The summed E-state index contributed by atoms with van der Waals surface area (Å²) < 4.78 is 13.8. The number of rotatable bonds is 4. The summed E-state index contributed by atoms with van der Waals surface area (Å²) in [5.41, 5.74) is 0.915. The van der Waals surface area contributed by atoms with Crippen LogP contribution in [0.1, 0.15) is 10.7 Å². The van der Waals surface area contributed by atoms with E-state index in [0.717, 1.165) is 16.8 Å². The third-order valence-corrected chi connectivity index (χ3v) is 3.44. The maximum absolute atomic E-state index is 13.8. The Labute approximate surface area is 113 Å². The zero-order valence-corrected chi connectivity index (χ0v) is 11.3. The van der Waals surface area contributed by atoms with E-state index in [1.807, 2.05) is 12.3 Å². The SMILES string of the molecule is Cc1nc(CN(C)c2ccc([N+](=O)[O-])cc2F)cs1. The van der Waals surface area contributed by atoms with Crippen molar-refractivity contribution < 1.29 is 9.31 Å². The highest BCUT2D eigenvalue weighted by molar-refractivity contribution is 7.09. The van der Waals surface area contributed by atoms with Crippen LogP contribution in [0.2, 0.25) is 0 Å². The summed E-state index contributed by atoms with van der Waals surface area (Å²) in [7, 11) is 1.72. The molecule has 0 bridgehead atoms. The lowest BCUT2D eigenvalue weighted by Crippen LogP contribution is -2.18. The fraction of sp³-hybridized carbons (Fsp3) is 0.250. The number of thiazole rings is 1. The maximum atomic E-state index is 13.8. The fourth-order valence-corrected chi connectivity index (χ4v) is 2.33. The number of hydrogen-bond acceptors (Lipinski definition) is 5. The van der Waals surface area contributed by atoms with Crippen LogP contribution >= 0.6 is 11.3 Å². The predicted molar refractivity (Wildman–Crippen MR) is 72.0 cm³/mol. The molecule has 0 unspecified atom stereocenters. The van der Waals surface area contributed by atoms with Gasteiger partial charge < -0.3 is 4.90 Å². The summed E-state index contributed by atoms with van der Waals surface area (Å²) in [6.45, 7) is 2.36. The number of aryl methyl sites for hydroxylation is 1. The van der Waals surface area contributed by atoms with Crippen LogP contribution in [0.25, 0.3) is 0 Å². The van der Waals surface area contributed by atoms with E-state index in [2.05, 4.69) is 4.98 Å². The molecule has 19 heavy (non-hydrogen) atoms. The van der Waals surface area contributed by atoms with Crippen LogP contribution in [0.4, 0.5) is 15.8 Å². The molecule has 0 radical (unpaired) electrons. The minimum absolute atomic E-state index is 0.251. The normalized spacial score (nSPS) is 10.5. The molecule has 0 N–H and O–H groups in total. The Bertz CT molecular complexity index is 615. The van der Waals surface area contributed by atoms with Gasteiger partial charge in [0.25, 0.3) is 5.69 Å². The molecule has 2 rings (SSSR count). The number of nitrogens with zero attached hydrogens (tertiary/aromatic N) is 3. The molecular formula is C12H12FN3O2S. The van der Waals surface area contributed by atoms with Gasteiger partial charge in [0.05, 0.1) is 33.9 Å². The second-order valence-corrected chi connectivity index (χ2v) is 5.17. The van der Waals surface area contributed by atoms with Crippen LogP contribution in [0.5, 0.6) is 0 Å². The Morgan fingerprint density at radius 2 is 2.26 bits per heavy atom. The zero-order chi connectivity index (χ0) is 14.0. The molecule has 1 heterocycles. The number of nitro benzene ring substituents is 1. The Hall–Kier alpha value is -2.02. The van der Waals surface area contributed by atoms with Gasteiger partial charge in [-0.2, -0.15) is 0 Å². The molecule has 0 spiro atoms. The van der Waals surface area contributed by atoms with Gasteiger partial charge in [-0.3, -0.25) is 10.1 Å². The van der Waals surface area contributed by atoms with Crippen molar-refractivity contribution in [2.24, 2.45) is 0 Å². The number of benzene rings is 1. The van der Waals surface area contributed by atoms with Crippen molar-refractivity contribution in [3.8, 4) is 0 Å². The molecule has 0 fully saturated rings. The summed E-state index contributed by atoms with van der Waals surface area (Å²) >= 11 is 1.53. The smallest absolute Gasteiger partial charge is 0.272 e. The first-order chi connectivity index (χ1) is 8.97. The second kappa shape index (κ2) is 5.31. The molecule has 2 aromatic rings. The summed E-state index contributed by atoms with van der Waals surface area (Å²) in [5.74, 6) is -0.608. The molecule has 0 aliphatic carbocycles. The van der Waals surface area contributed by atoms with Crippen molar-refractivity contribution in [2.75, 3.05) is 11.9 Å². The molecule has 0 aliphatic heterocycles. The van der Waals surface area contributed by atoms with Gasteiger partial charge in [-0.15, -0.1) is 11.3 Å². The van der Waals surface area contributed by atoms with Crippen LogP contribution in [0, 0.1) is 22.9 Å². The lowest BCUT2D eigenvalue weighted by Gasteiger charge is -2.18. The summed E-state index contributed by atoms with van der Waals surface area (Å²) in [5, 5.41) is 13.4. The van der Waals surface area contributed by atoms with Crippen LogP contribution in [-0.2, 0) is 6.54 Å². The van der Waals surface area contributed by atoms with Crippen molar-refractivity contribution in [1.82, 2.24) is 4.98 Å². The van der Waals surface area contributed by atoms with E-state index < -0.39 is 10.7 Å². The highest BCUT2D eigenvalue weighted by Gasteiger charge is 2.14. The van der Waals surface area contributed by atoms with Gasteiger partial charge in [0, 0.05) is 18.5 Å². The van der Waals surface area contributed by atoms with Gasteiger partial charge in [0.1, 0.15) is 0 Å². The van der Waals surface area contributed by atoms with Gasteiger partial charge in [0.15, 0.2) is 5.82 Å². The van der Waals surface area contributed by atoms with Crippen molar-refractivity contribution >= 4 is 22.7 Å². The monoisotopic (exact) mass is 281 g/mol. The van der Waals surface area contributed by atoms with Crippen LogP contribution < -0.4 is 4.90 Å². The maximum Gasteiger partial charge on any atom is 0.272 e. The van der Waals surface area contributed by atoms with E-state index in [-0.39, 0.29) is 5.69 Å². The number of aromatic nitrogens is 1. The lowest BCUT2D eigenvalue weighted by molar-refractivity contribution is -0.385. The number of nitro groups is 1. The van der Waals surface area contributed by atoms with Crippen molar-refractivity contribution in [3.63, 3.8) is 0 Å². The molecular weight excluding hydrogens is 269 g/mol. The van der Waals surface area contributed by atoms with Gasteiger partial charge in [-0.1, -0.05) is 0 Å². The number of halogens is 1. The van der Waals surface area contributed by atoms with Gasteiger partial charge >= 0.3 is 0 Å². The van der Waals surface area contributed by atoms with E-state index in [9.17, 15) is 14.5 Å². The van der Waals surface area contributed by atoms with E-state index in [4.69, 9.17) is 0 Å². The Kier molecular flexibility index (Phi) is 3.75. The van der Waals surface area contributed by atoms with E-state index in [0.29, 0.717) is 12.2 Å². The molecule has 1 aromatic carbocycles. The quantitative estimate of drug-likeness (QED) is 0.638. The minimum atomic E-state index is -0.614. The molecule has 0 aliphatic rings. The molecule has 0 amide bonds. The zero-order valence-electron chi connectivity index (χ0n) is 10.5. The van der Waals surface area contributed by atoms with E-state index >= 15 is 0 Å². The molecule has 5 nitrogen and oxygen atoms in total. The first kappa shape index (κ1) is 13.4. The summed E-state index contributed by atoms with van der Waals surface area (Å²) in [6.07, 6.45) is 0. The number of non-ortho nitro benzene ring substituents is 1. The van der Waals surface area contributed by atoms with Crippen molar-refractivity contribution in [1.29, 1.82) is 0 Å². The minimum Gasteiger partial charge on any atom is -0.366 e. The summed E-state index contributed by atoms with van der Waals surface area (Å²) in [6, 6.07) is 3.63. The summed E-state index contributed by atoms with van der Waals surface area (Å²) in [4.78, 5) is 15.9. The van der Waals surface area contributed by atoms with Crippen LogP contribution in [0.3, 0.4) is 0 Å². The van der Waals surface area contributed by atoms with E-state index in [1.165, 1.54) is 23.5 Å². The van der Waals surface area contributed by atoms with Crippen molar-refractivity contribution in [2.45, 2.75) is 13.5 Å². The molecule has 1 aromatic heterocycles. The Morgan fingerprint density at radius 1 is 1.53 bits per heavy atom. The topological polar surface area (TPSA) is 59.3 Å². The first-order valence-electron chi connectivity index (χ1n) is 5.53. The average molecular weight is 281 g/mol. The third-order valence-electron chi connectivity index (χ3n) is 2.62. The number of hydrogen-bond donors (Lipinski definition) is 0. The molecule has 7 heteroatoms. The highest BCUT2D eigenvalue weighted by atomic mass is 32.1. The highest BCUT2D eigenvalue weighted by Crippen LogP contribution is 2.24. The lowest BCUT2D eigenvalue weighted by atomic mass is 10.2. The number of anilines is 1. The average Bonchev–Trinajstić information content (AvgIpc) is 2.74. The third kappa shape index (κ3) is 3.05. The van der Waals surface area contributed by atoms with Gasteiger partial charge in [-0.05, 0) is 13.0 Å². The van der Waals surface area contributed by atoms with Crippen molar-refractivity contribution in [3.05, 3.63) is 50.2 Å². The molecule has 100 valence electrons. The molecule has 0 saturated heterocycles. The van der Waals surface area contributed by atoms with E-state index in [1.54, 1.807) is 11.9 Å². The molecule has 0 atom stereocenters. The fourth-order valence-electron chi connectivity index (χ4n) is 1.73. The predicted octanol–water partition coefficient (Wildman–Crippen LogP) is 3.14. The standard InChI is InChI=1S/C12H12FN3O2S/c1-8-14-9(7-19-8)6-15(2)12-4-3-10(16(17)18)5-11(12)13/h3-5,7H,6H2,1-2H3. The van der Waals surface area contributed by atoms with Crippen LogP contribution in [-0.4, -0.2) is 17.0 Å². The molecule has 0 saturated carbocycles. The van der Waals surface area contributed by atoms with Gasteiger partial charge in [0.2, 0.25) is 0 Å². The second-order valence-electron chi connectivity index (χ2n) is 4.11. The Balaban J connectivity index is 2.19. The first-order valence-corrected chi connectivity index (χ1v) is 6.41. The van der Waals surface area contributed by atoms with Gasteiger partial charge in [-0.25, -0.2) is 9.37 Å². The van der Waals surface area contributed by atoms with Crippen LogP contribution in [0.15, 0.2) is 23.6 Å².